The van der Waals surface area contributed by atoms with Gasteiger partial charge in [-0.3, -0.25) is 4.79 Å². The molecule has 0 saturated heterocycles. The molecule has 0 unspecified atom stereocenters. The highest BCUT2D eigenvalue weighted by atomic mass is 35.5. The molecule has 4 N–H and O–H groups in total. The second-order valence-corrected chi connectivity index (χ2v) is 4.16. The molecular weight excluding hydrogens is 216 g/mol. The van der Waals surface area contributed by atoms with Gasteiger partial charge in [-0.25, -0.2) is 0 Å². The van der Waals surface area contributed by atoms with E-state index in [4.69, 9.17) is 17.3 Å². The van der Waals surface area contributed by atoms with Gasteiger partial charge in [0.05, 0.1) is 10.7 Å². The summed E-state index contributed by atoms with van der Waals surface area (Å²) in [6, 6.07) is 4.73. The zero-order valence-electron chi connectivity index (χ0n) is 8.54. The Kier molecular flexibility index (Phi) is 3.21. The van der Waals surface area contributed by atoms with Gasteiger partial charge < -0.3 is 16.2 Å². The fourth-order valence-electron chi connectivity index (χ4n) is 0.908. The van der Waals surface area contributed by atoms with Crippen molar-refractivity contribution in [2.24, 2.45) is 0 Å². The summed E-state index contributed by atoms with van der Waals surface area (Å²) >= 11 is 5.85. The van der Waals surface area contributed by atoms with Crippen molar-refractivity contribution in [1.82, 2.24) is 0 Å². The van der Waals surface area contributed by atoms with Gasteiger partial charge in [-0.1, -0.05) is 11.6 Å². The van der Waals surface area contributed by atoms with Gasteiger partial charge in [0.25, 0.3) is 5.91 Å². The number of carbonyl (C=O) groups excluding carboxylic acids is 1. The molecule has 0 aromatic heterocycles. The number of rotatable bonds is 2. The van der Waals surface area contributed by atoms with Crippen LogP contribution in [0.3, 0.4) is 0 Å². The second kappa shape index (κ2) is 4.08. The Morgan fingerprint density at radius 1 is 1.53 bits per heavy atom. The summed E-state index contributed by atoms with van der Waals surface area (Å²) in [7, 11) is 0. The molecule has 4 nitrogen and oxygen atoms in total. The first-order chi connectivity index (χ1) is 6.80. The first kappa shape index (κ1) is 11.8. The molecule has 0 spiro atoms. The Labute approximate surface area is 93.0 Å². The lowest BCUT2D eigenvalue weighted by Gasteiger charge is -2.17. The highest BCUT2D eigenvalue weighted by Crippen LogP contribution is 2.24. The van der Waals surface area contributed by atoms with E-state index in [1.165, 1.54) is 19.9 Å². The molecule has 82 valence electrons. The zero-order chi connectivity index (χ0) is 11.6. The van der Waals surface area contributed by atoms with Gasteiger partial charge in [-0.05, 0) is 32.0 Å². The quantitative estimate of drug-likeness (QED) is 0.674. The minimum absolute atomic E-state index is 0.340. The van der Waals surface area contributed by atoms with E-state index in [1.54, 1.807) is 12.1 Å². The van der Waals surface area contributed by atoms with Gasteiger partial charge in [0.1, 0.15) is 5.60 Å². The normalized spacial score (nSPS) is 11.2. The topological polar surface area (TPSA) is 75.3 Å². The van der Waals surface area contributed by atoms with E-state index in [1.807, 2.05) is 0 Å². The zero-order valence-corrected chi connectivity index (χ0v) is 9.30. The van der Waals surface area contributed by atoms with Crippen LogP contribution < -0.4 is 11.1 Å². The number of hydrogen-bond acceptors (Lipinski definition) is 3. The van der Waals surface area contributed by atoms with Crippen LogP contribution in [0.2, 0.25) is 5.02 Å². The van der Waals surface area contributed by atoms with Crippen molar-refractivity contribution in [3.8, 4) is 0 Å². The summed E-state index contributed by atoms with van der Waals surface area (Å²) in [6.07, 6.45) is 0. The molecule has 1 amide bonds. The first-order valence-electron chi connectivity index (χ1n) is 4.39. The molecular formula is C10H13ClN2O2. The molecule has 1 aromatic rings. The standard InChI is InChI=1S/C10H13ClN2O2/c1-10(2,15)9(14)13-8-4-3-6(12)5-7(8)11/h3-5,15H,12H2,1-2H3,(H,13,14). The van der Waals surface area contributed by atoms with E-state index >= 15 is 0 Å². The fraction of sp³-hybridized carbons (Fsp3) is 0.300. The van der Waals surface area contributed by atoms with Crippen molar-refractivity contribution in [2.45, 2.75) is 19.4 Å². The molecule has 0 fully saturated rings. The van der Waals surface area contributed by atoms with Crippen LogP contribution in [-0.2, 0) is 4.79 Å². The number of hydrogen-bond donors (Lipinski definition) is 3. The van der Waals surface area contributed by atoms with Gasteiger partial charge in [0.2, 0.25) is 0 Å². The summed E-state index contributed by atoms with van der Waals surface area (Å²) in [4.78, 5) is 11.4. The van der Waals surface area contributed by atoms with E-state index in [-0.39, 0.29) is 0 Å². The van der Waals surface area contributed by atoms with Gasteiger partial charge in [0.15, 0.2) is 0 Å². The lowest BCUT2D eigenvalue weighted by atomic mass is 10.1. The third kappa shape index (κ3) is 3.11. The third-order valence-corrected chi connectivity index (χ3v) is 2.11. The maximum Gasteiger partial charge on any atom is 0.255 e. The fourth-order valence-corrected chi connectivity index (χ4v) is 1.14. The number of halogens is 1. The maximum atomic E-state index is 11.4. The molecule has 15 heavy (non-hydrogen) atoms. The van der Waals surface area contributed by atoms with Gasteiger partial charge in [-0.15, -0.1) is 0 Å². The lowest BCUT2D eigenvalue weighted by Crippen LogP contribution is -2.36. The largest absolute Gasteiger partial charge is 0.399 e. The molecule has 1 aromatic carbocycles. The number of nitrogens with two attached hydrogens (primary N) is 1. The molecule has 5 heteroatoms. The van der Waals surface area contributed by atoms with E-state index < -0.39 is 11.5 Å². The Hall–Kier alpha value is -1.26. The van der Waals surface area contributed by atoms with Crippen LogP contribution in [0.15, 0.2) is 18.2 Å². The van der Waals surface area contributed by atoms with Crippen LogP contribution in [0, 0.1) is 0 Å². The van der Waals surface area contributed by atoms with Crippen molar-refractivity contribution in [1.29, 1.82) is 0 Å². The van der Waals surface area contributed by atoms with Crippen LogP contribution in [0.4, 0.5) is 11.4 Å². The highest BCUT2D eigenvalue weighted by Gasteiger charge is 2.24. The van der Waals surface area contributed by atoms with Gasteiger partial charge >= 0.3 is 0 Å². The van der Waals surface area contributed by atoms with Gasteiger partial charge in [-0.2, -0.15) is 0 Å². The summed E-state index contributed by atoms with van der Waals surface area (Å²) < 4.78 is 0. The minimum atomic E-state index is -1.44. The monoisotopic (exact) mass is 228 g/mol. The molecule has 0 radical (unpaired) electrons. The molecule has 0 bridgehead atoms. The second-order valence-electron chi connectivity index (χ2n) is 3.75. The van der Waals surface area contributed by atoms with Crippen molar-refractivity contribution in [3.05, 3.63) is 23.2 Å². The van der Waals surface area contributed by atoms with E-state index in [2.05, 4.69) is 5.32 Å². The maximum absolute atomic E-state index is 11.4. The van der Waals surface area contributed by atoms with Crippen LogP contribution in [0.5, 0.6) is 0 Å². The van der Waals surface area contributed by atoms with Crippen LogP contribution in [-0.4, -0.2) is 16.6 Å². The SMILES string of the molecule is CC(C)(O)C(=O)Nc1ccc(N)cc1Cl. The number of aliphatic hydroxyl groups is 1. The molecule has 0 saturated carbocycles. The average Bonchev–Trinajstić information content (AvgIpc) is 2.08. The summed E-state index contributed by atoms with van der Waals surface area (Å²) in [6.45, 7) is 2.79. The molecule has 0 aliphatic carbocycles. The number of amides is 1. The molecule has 1 rings (SSSR count). The first-order valence-corrected chi connectivity index (χ1v) is 4.77. The third-order valence-electron chi connectivity index (χ3n) is 1.80. The molecule has 0 aliphatic heterocycles. The minimum Gasteiger partial charge on any atom is -0.399 e. The highest BCUT2D eigenvalue weighted by molar-refractivity contribution is 6.34. The van der Waals surface area contributed by atoms with Crippen molar-refractivity contribution < 1.29 is 9.90 Å². The number of nitrogens with one attached hydrogen (secondary N) is 1. The average molecular weight is 229 g/mol. The number of nitrogen functional groups attached to an aromatic ring is 1. The van der Waals surface area contributed by atoms with Gasteiger partial charge in [0, 0.05) is 5.69 Å². The van der Waals surface area contributed by atoms with E-state index in [0.717, 1.165) is 0 Å². The van der Waals surface area contributed by atoms with Crippen molar-refractivity contribution in [3.63, 3.8) is 0 Å². The summed E-state index contributed by atoms with van der Waals surface area (Å²) in [5, 5.41) is 12.3. The van der Waals surface area contributed by atoms with Crippen LogP contribution in [0.25, 0.3) is 0 Å². The Balaban J connectivity index is 2.87. The predicted octanol–water partition coefficient (Wildman–Crippen LogP) is 1.63. The summed E-state index contributed by atoms with van der Waals surface area (Å²) in [5.41, 5.74) is 5.00. The number of benzene rings is 1. The molecule has 0 aliphatic rings. The van der Waals surface area contributed by atoms with Crippen LogP contribution >= 0.6 is 11.6 Å². The van der Waals surface area contributed by atoms with Crippen LogP contribution in [0.1, 0.15) is 13.8 Å². The molecule has 0 heterocycles. The predicted molar refractivity (Wildman–Crippen MR) is 60.8 cm³/mol. The Morgan fingerprint density at radius 2 is 2.13 bits per heavy atom. The number of carbonyl (C=O) groups is 1. The molecule has 0 atom stereocenters. The Morgan fingerprint density at radius 3 is 2.60 bits per heavy atom. The smallest absolute Gasteiger partial charge is 0.255 e. The lowest BCUT2D eigenvalue weighted by molar-refractivity contribution is -0.130. The van der Waals surface area contributed by atoms with E-state index in [0.29, 0.717) is 16.4 Å². The van der Waals surface area contributed by atoms with E-state index in [9.17, 15) is 9.90 Å². The number of anilines is 2. The summed E-state index contributed by atoms with van der Waals surface area (Å²) in [5.74, 6) is -0.519. The van der Waals surface area contributed by atoms with Crippen molar-refractivity contribution >= 4 is 28.9 Å². The van der Waals surface area contributed by atoms with Crippen molar-refractivity contribution in [2.75, 3.05) is 11.1 Å². The Bertz CT molecular complexity index is 385.